The Hall–Kier alpha value is -4.55. The van der Waals surface area contributed by atoms with Gasteiger partial charge in [-0.2, -0.15) is 13.9 Å². The number of oxime groups is 1. The van der Waals surface area contributed by atoms with Gasteiger partial charge in [-0.15, -0.1) is 11.8 Å². The summed E-state index contributed by atoms with van der Waals surface area (Å²) in [4.78, 5) is 59.8. The highest BCUT2D eigenvalue weighted by atomic mass is 32.2. The molecule has 3 aromatic heterocycles. The van der Waals surface area contributed by atoms with Crippen LogP contribution in [-0.4, -0.2) is 90.3 Å². The number of hydrogen-bond donors (Lipinski definition) is 4. The average molecular weight is 644 g/mol. The Morgan fingerprint density at radius 1 is 1.36 bits per heavy atom. The number of thioether (sulfide) groups is 1. The van der Waals surface area contributed by atoms with E-state index in [9.17, 15) is 24.3 Å². The first kappa shape index (κ1) is 30.9. The third-order valence-corrected chi connectivity index (χ3v) is 8.93. The zero-order chi connectivity index (χ0) is 31.5. The third-order valence-electron chi connectivity index (χ3n) is 7.05. The second kappa shape index (κ2) is 13.0. The molecule has 0 aromatic carbocycles. The van der Waals surface area contributed by atoms with Gasteiger partial charge in [-0.25, -0.2) is 4.79 Å². The van der Waals surface area contributed by atoms with E-state index in [0.717, 1.165) is 47.0 Å². The van der Waals surface area contributed by atoms with Crippen LogP contribution in [0.5, 0.6) is 0 Å². The van der Waals surface area contributed by atoms with Crippen molar-refractivity contribution in [3.63, 3.8) is 0 Å². The number of β-lactam (4-membered cyclic amide) rings is 1. The van der Waals surface area contributed by atoms with Crippen LogP contribution in [0.25, 0.3) is 11.0 Å². The fraction of sp³-hybridized carbons (Fsp3) is 0.385. The van der Waals surface area contributed by atoms with Crippen LogP contribution in [0.3, 0.4) is 0 Å². The number of rotatable bonds is 13. The summed E-state index contributed by atoms with van der Waals surface area (Å²) < 4.78 is 7.99. The van der Waals surface area contributed by atoms with E-state index in [4.69, 9.17) is 15.7 Å². The summed E-state index contributed by atoms with van der Waals surface area (Å²) in [5.41, 5.74) is 7.31. The topological polar surface area (TPSA) is 221 Å². The van der Waals surface area contributed by atoms with Crippen molar-refractivity contribution < 1.29 is 38.8 Å². The van der Waals surface area contributed by atoms with E-state index in [1.165, 1.54) is 18.7 Å². The number of nitrogen functional groups attached to an aromatic ring is 1. The molecule has 2 aliphatic heterocycles. The fourth-order valence-corrected chi connectivity index (χ4v) is 6.65. The Morgan fingerprint density at radius 2 is 2.16 bits per heavy atom. The van der Waals surface area contributed by atoms with Gasteiger partial charge in [-0.05, 0) is 33.0 Å². The summed E-state index contributed by atoms with van der Waals surface area (Å²) in [5, 5.41) is 30.0. The highest BCUT2D eigenvalue weighted by Gasteiger charge is 2.53. The van der Waals surface area contributed by atoms with Crippen molar-refractivity contribution >= 4 is 68.9 Å². The molecule has 0 radical (unpaired) electrons. The molecule has 0 spiro atoms. The smallest absolute Gasteiger partial charge is 0.347 e. The van der Waals surface area contributed by atoms with Crippen molar-refractivity contribution in [2.45, 2.75) is 44.0 Å². The zero-order valence-corrected chi connectivity index (χ0v) is 25.3. The van der Waals surface area contributed by atoms with E-state index in [-0.39, 0.29) is 29.0 Å². The Labute approximate surface area is 258 Å². The first-order valence-electron chi connectivity index (χ1n) is 13.5. The lowest BCUT2D eigenvalue weighted by Gasteiger charge is -2.50. The fourth-order valence-electron chi connectivity index (χ4n) is 4.88. The lowest BCUT2D eigenvalue weighted by atomic mass is 10.0. The molecule has 232 valence electrons. The van der Waals surface area contributed by atoms with Crippen molar-refractivity contribution in [1.29, 1.82) is 0 Å². The Balaban J connectivity index is 1.35. The van der Waals surface area contributed by atoms with E-state index >= 15 is 0 Å². The van der Waals surface area contributed by atoms with Crippen molar-refractivity contribution in [1.82, 2.24) is 29.5 Å². The van der Waals surface area contributed by atoms with Gasteiger partial charge >= 0.3 is 5.97 Å². The molecule has 5 rings (SSSR count). The second-order valence-electron chi connectivity index (χ2n) is 9.96. The van der Waals surface area contributed by atoms with Crippen molar-refractivity contribution in [3.8, 4) is 0 Å². The molecule has 18 heteroatoms. The molecule has 3 aromatic rings. The number of fused-ring (bicyclic) bond motifs is 2. The molecule has 0 aliphatic carbocycles. The lowest BCUT2D eigenvalue weighted by molar-refractivity contribution is -0.663. The molecule has 1 fully saturated rings. The molecule has 0 saturated carbocycles. The molecule has 2 aliphatic rings. The SMILES string of the molecule is CNCCCn1ccc2c1ccc[n+]2CC1=C(C(=O)[O-])N2C(=O)[C@@H](NC(=O)/C(=N\O[C@@H](C)C(=O)O)c3nsc(N)n3)[C@H]2SC1. The van der Waals surface area contributed by atoms with E-state index in [1.807, 2.05) is 42.2 Å². The Bertz CT molecular complexity index is 1680. The number of hydrogen-bond acceptors (Lipinski definition) is 13. The maximum absolute atomic E-state index is 13.3. The number of nitrogens with two attached hydrogens (primary N) is 1. The number of amides is 2. The van der Waals surface area contributed by atoms with Crippen LogP contribution in [0.4, 0.5) is 5.13 Å². The number of aliphatic carboxylic acids is 2. The standard InChI is InChI=1S/C26H29N9O7S2/c1-13(24(38)39)42-31-17(20-30-26(27)44-32-20)21(36)29-18-22(37)35-19(25(40)41)14(12-43-23(18)35)11-34-8-3-5-15-16(34)6-10-33(15)9-4-7-28-2/h3,5-6,8,10,13,18,23,28H,4,7,9,11-12H2,1-2H3,(H4-,27,29,30,32,36,38,39,40,41)/b31-17-/t13-,18+,23+/m0/s1. The van der Waals surface area contributed by atoms with Gasteiger partial charge < -0.3 is 40.8 Å². The largest absolute Gasteiger partial charge is 0.543 e. The van der Waals surface area contributed by atoms with Gasteiger partial charge in [0.25, 0.3) is 11.8 Å². The molecule has 3 atom stereocenters. The number of pyridine rings is 1. The monoisotopic (exact) mass is 643 g/mol. The number of carbonyl (C=O) groups is 4. The molecule has 16 nitrogen and oxygen atoms in total. The van der Waals surface area contributed by atoms with E-state index in [1.54, 1.807) is 0 Å². The summed E-state index contributed by atoms with van der Waals surface area (Å²) >= 11 is 2.07. The van der Waals surface area contributed by atoms with Gasteiger partial charge in [0.2, 0.25) is 23.2 Å². The van der Waals surface area contributed by atoms with Gasteiger partial charge in [-0.1, -0.05) is 5.16 Å². The van der Waals surface area contributed by atoms with Crippen molar-refractivity contribution in [2.24, 2.45) is 5.16 Å². The molecule has 5 N–H and O–H groups in total. The van der Waals surface area contributed by atoms with Gasteiger partial charge in [0, 0.05) is 47.7 Å². The quantitative estimate of drug-likeness (QED) is 0.0537. The Morgan fingerprint density at radius 3 is 2.84 bits per heavy atom. The highest BCUT2D eigenvalue weighted by molar-refractivity contribution is 8.00. The number of aromatic nitrogens is 4. The maximum Gasteiger partial charge on any atom is 0.347 e. The van der Waals surface area contributed by atoms with Crippen LogP contribution in [0.1, 0.15) is 19.2 Å². The summed E-state index contributed by atoms with van der Waals surface area (Å²) in [7, 11) is 1.90. The highest BCUT2D eigenvalue weighted by Crippen LogP contribution is 2.40. The Kier molecular flexibility index (Phi) is 9.12. The maximum atomic E-state index is 13.3. The predicted octanol–water partition coefficient (Wildman–Crippen LogP) is -1.73. The van der Waals surface area contributed by atoms with Gasteiger partial charge in [0.1, 0.15) is 16.9 Å². The van der Waals surface area contributed by atoms with E-state index in [0.29, 0.717) is 5.57 Å². The van der Waals surface area contributed by atoms with Crippen LogP contribution in [0.2, 0.25) is 0 Å². The lowest BCUT2D eigenvalue weighted by Crippen LogP contribution is -2.71. The number of carboxylic acid groups (broad SMARTS) is 2. The minimum Gasteiger partial charge on any atom is -0.543 e. The third kappa shape index (κ3) is 6.08. The summed E-state index contributed by atoms with van der Waals surface area (Å²) in [6.45, 7) is 3.12. The minimum atomic E-state index is -1.50. The van der Waals surface area contributed by atoms with Crippen LogP contribution < -0.4 is 26.0 Å². The van der Waals surface area contributed by atoms with Crippen LogP contribution >= 0.6 is 23.3 Å². The summed E-state index contributed by atoms with van der Waals surface area (Å²) in [5.74, 6) is -4.36. The summed E-state index contributed by atoms with van der Waals surface area (Å²) in [6.07, 6.45) is 3.39. The molecule has 2 amide bonds. The molecular formula is C26H29N9O7S2. The number of nitrogens with zero attached hydrogens (tertiary/aromatic N) is 6. The first-order chi connectivity index (χ1) is 21.1. The minimum absolute atomic E-state index is 0.0238. The first-order valence-corrected chi connectivity index (χ1v) is 15.3. The van der Waals surface area contributed by atoms with Gasteiger partial charge in [0.05, 0.1) is 11.7 Å². The summed E-state index contributed by atoms with van der Waals surface area (Å²) in [6, 6.07) is 4.75. The number of carboxylic acids is 2. The van der Waals surface area contributed by atoms with Crippen molar-refractivity contribution in [2.75, 3.05) is 25.1 Å². The number of nitrogens with one attached hydrogen (secondary N) is 2. The number of aryl methyl sites for hydroxylation is 1. The van der Waals surface area contributed by atoms with Crippen LogP contribution in [-0.2, 0) is 37.1 Å². The van der Waals surface area contributed by atoms with Gasteiger partial charge in [0.15, 0.2) is 17.9 Å². The molecule has 0 unspecified atom stereocenters. The molecule has 44 heavy (non-hydrogen) atoms. The van der Waals surface area contributed by atoms with E-state index in [2.05, 4.69) is 29.7 Å². The van der Waals surface area contributed by atoms with Crippen molar-refractivity contribution in [3.05, 3.63) is 47.7 Å². The van der Waals surface area contributed by atoms with Gasteiger partial charge in [-0.3, -0.25) is 14.5 Å². The van der Waals surface area contributed by atoms with E-state index < -0.39 is 47.0 Å². The molecule has 5 heterocycles. The molecule has 0 bridgehead atoms. The predicted molar refractivity (Wildman–Crippen MR) is 157 cm³/mol. The zero-order valence-electron chi connectivity index (χ0n) is 23.6. The van der Waals surface area contributed by atoms with Crippen LogP contribution in [0, 0.1) is 0 Å². The average Bonchev–Trinajstić information content (AvgIpc) is 3.62. The number of anilines is 1. The van der Waals surface area contributed by atoms with Crippen LogP contribution in [0.15, 0.2) is 47.0 Å². The molecule has 1 saturated heterocycles. The second-order valence-corrected chi connectivity index (χ2v) is 11.8. The molecular weight excluding hydrogens is 614 g/mol. The normalized spacial score (nSPS) is 19.0. The number of carbonyl (C=O) groups excluding carboxylic acids is 3.